The first-order valence-corrected chi connectivity index (χ1v) is 10.8. The molecule has 0 bridgehead atoms. The summed E-state index contributed by atoms with van der Waals surface area (Å²) in [7, 11) is 0. The number of thioether (sulfide) groups is 1. The minimum Gasteiger partial charge on any atom is -0.267 e. The first kappa shape index (κ1) is 20.5. The highest BCUT2D eigenvalue weighted by Gasteiger charge is 2.07. The van der Waals surface area contributed by atoms with E-state index < -0.39 is 0 Å². The van der Waals surface area contributed by atoms with E-state index in [9.17, 15) is 4.79 Å². The third-order valence-corrected chi connectivity index (χ3v) is 5.26. The summed E-state index contributed by atoms with van der Waals surface area (Å²) in [5.41, 5.74) is 5.88. The Morgan fingerprint density at radius 1 is 1.03 bits per heavy atom. The Hall–Kier alpha value is -3.78. The Kier molecular flexibility index (Phi) is 6.49. The van der Waals surface area contributed by atoms with Crippen molar-refractivity contribution < 1.29 is 4.79 Å². The van der Waals surface area contributed by atoms with E-state index in [1.54, 1.807) is 30.1 Å². The average molecular weight is 429 g/mol. The van der Waals surface area contributed by atoms with Crippen molar-refractivity contribution in [3.05, 3.63) is 95.6 Å². The normalized spacial score (nSPS) is 11.0. The number of nitrogens with one attached hydrogen (secondary N) is 1. The van der Waals surface area contributed by atoms with Crippen LogP contribution in [0.4, 0.5) is 0 Å². The summed E-state index contributed by atoms with van der Waals surface area (Å²) >= 11 is 1.68. The van der Waals surface area contributed by atoms with Crippen molar-refractivity contribution in [3.8, 4) is 11.4 Å². The number of rotatable bonds is 7. The molecule has 3 aromatic carbocycles. The zero-order valence-electron chi connectivity index (χ0n) is 16.8. The Morgan fingerprint density at radius 3 is 2.48 bits per heavy atom. The zero-order valence-corrected chi connectivity index (χ0v) is 17.7. The van der Waals surface area contributed by atoms with Crippen molar-refractivity contribution >= 4 is 23.9 Å². The highest BCUT2D eigenvalue weighted by Crippen LogP contribution is 2.14. The smallest absolute Gasteiger partial charge is 0.267 e. The van der Waals surface area contributed by atoms with Gasteiger partial charge < -0.3 is 0 Å². The molecule has 0 fully saturated rings. The van der Waals surface area contributed by atoms with Crippen LogP contribution >= 0.6 is 11.8 Å². The minimum atomic E-state index is -0.270. The van der Waals surface area contributed by atoms with Gasteiger partial charge in [0.2, 0.25) is 5.82 Å². The van der Waals surface area contributed by atoms with E-state index in [1.165, 1.54) is 9.69 Å². The predicted octanol–water partition coefficient (Wildman–Crippen LogP) is 3.87. The number of aromatic nitrogens is 4. The van der Waals surface area contributed by atoms with Crippen LogP contribution < -0.4 is 5.43 Å². The summed E-state index contributed by atoms with van der Waals surface area (Å²) in [6, 6.07) is 24.9. The summed E-state index contributed by atoms with van der Waals surface area (Å²) in [5.74, 6) is 0.311. The second-order valence-electron chi connectivity index (χ2n) is 6.68. The molecule has 4 aromatic rings. The van der Waals surface area contributed by atoms with Gasteiger partial charge in [0, 0.05) is 16.0 Å². The number of tetrazole rings is 1. The molecule has 154 valence electrons. The van der Waals surface area contributed by atoms with E-state index in [-0.39, 0.29) is 5.91 Å². The molecule has 0 spiro atoms. The average Bonchev–Trinajstić information content (AvgIpc) is 3.29. The number of carbonyl (C=O) groups is 1. The summed E-state index contributed by atoms with van der Waals surface area (Å²) in [6.07, 6.45) is 3.65. The van der Waals surface area contributed by atoms with Gasteiger partial charge in [0.05, 0.1) is 12.8 Å². The monoisotopic (exact) mass is 428 g/mol. The Balaban J connectivity index is 1.34. The molecular formula is C23H20N6OS. The molecule has 1 amide bonds. The Labute approximate surface area is 184 Å². The number of amides is 1. The highest BCUT2D eigenvalue weighted by atomic mass is 32.2. The topological polar surface area (TPSA) is 85.1 Å². The van der Waals surface area contributed by atoms with Crippen molar-refractivity contribution in [1.29, 1.82) is 0 Å². The maximum Gasteiger partial charge on any atom is 0.271 e. The third-order valence-electron chi connectivity index (χ3n) is 4.52. The van der Waals surface area contributed by atoms with Gasteiger partial charge in [-0.25, -0.2) is 5.43 Å². The summed E-state index contributed by atoms with van der Waals surface area (Å²) in [4.78, 5) is 15.0. The van der Waals surface area contributed by atoms with Gasteiger partial charge in [-0.15, -0.1) is 22.0 Å². The van der Waals surface area contributed by atoms with E-state index in [0.29, 0.717) is 17.9 Å². The molecule has 0 saturated carbocycles. The van der Waals surface area contributed by atoms with Crippen LogP contribution in [0.1, 0.15) is 21.5 Å². The fourth-order valence-corrected chi connectivity index (χ4v) is 3.27. The summed E-state index contributed by atoms with van der Waals surface area (Å²) in [5, 5.41) is 16.6. The lowest BCUT2D eigenvalue weighted by molar-refractivity contribution is 0.0955. The quantitative estimate of drug-likeness (QED) is 0.274. The summed E-state index contributed by atoms with van der Waals surface area (Å²) < 4.78 is 0. The standard InChI is InChI=1S/C23H20N6OS/c1-31-21-13-9-17(10-14-21)15-24-26-23(30)20-11-7-18(8-12-20)16-29-27-22(25-28-29)19-5-3-2-4-6-19/h2-15H,16H2,1H3,(H,26,30)/b24-15-. The van der Waals surface area contributed by atoms with Crippen LogP contribution in [0.2, 0.25) is 0 Å². The van der Waals surface area contributed by atoms with Gasteiger partial charge in [0.15, 0.2) is 0 Å². The Morgan fingerprint density at radius 2 is 1.77 bits per heavy atom. The maximum absolute atomic E-state index is 12.3. The molecular weight excluding hydrogens is 408 g/mol. The largest absolute Gasteiger partial charge is 0.271 e. The SMILES string of the molecule is CSc1ccc(/C=N\NC(=O)c2ccc(Cn3nnc(-c4ccccc4)n3)cc2)cc1. The predicted molar refractivity (Wildman–Crippen MR) is 122 cm³/mol. The molecule has 0 atom stereocenters. The molecule has 7 nitrogen and oxygen atoms in total. The molecule has 31 heavy (non-hydrogen) atoms. The highest BCUT2D eigenvalue weighted by molar-refractivity contribution is 7.98. The first-order chi connectivity index (χ1) is 15.2. The van der Waals surface area contributed by atoms with Crippen LogP contribution in [-0.2, 0) is 6.54 Å². The van der Waals surface area contributed by atoms with Crippen molar-refractivity contribution in [1.82, 2.24) is 25.6 Å². The van der Waals surface area contributed by atoms with E-state index in [4.69, 9.17) is 0 Å². The number of benzene rings is 3. The van der Waals surface area contributed by atoms with Crippen LogP contribution in [0.15, 0.2) is 88.9 Å². The molecule has 1 aromatic heterocycles. The fraction of sp³-hybridized carbons (Fsp3) is 0.0870. The van der Waals surface area contributed by atoms with E-state index in [2.05, 4.69) is 25.9 Å². The van der Waals surface area contributed by atoms with Crippen LogP contribution in [-0.4, -0.2) is 38.6 Å². The molecule has 0 saturated heterocycles. The van der Waals surface area contributed by atoms with Crippen molar-refractivity contribution in [2.45, 2.75) is 11.4 Å². The number of hydrazone groups is 1. The van der Waals surface area contributed by atoms with Gasteiger partial charge in [0.1, 0.15) is 0 Å². The molecule has 0 aliphatic heterocycles. The molecule has 0 aliphatic rings. The number of carbonyl (C=O) groups excluding carboxylic acids is 1. The lowest BCUT2D eigenvalue weighted by Crippen LogP contribution is -2.17. The van der Waals surface area contributed by atoms with Crippen LogP contribution in [0.3, 0.4) is 0 Å². The molecule has 0 unspecified atom stereocenters. The summed E-state index contributed by atoms with van der Waals surface area (Å²) in [6.45, 7) is 0.464. The van der Waals surface area contributed by atoms with Crippen molar-refractivity contribution in [2.24, 2.45) is 5.10 Å². The first-order valence-electron chi connectivity index (χ1n) is 9.61. The lowest BCUT2D eigenvalue weighted by atomic mass is 10.1. The lowest BCUT2D eigenvalue weighted by Gasteiger charge is -2.03. The van der Waals surface area contributed by atoms with Gasteiger partial charge in [-0.05, 0) is 46.9 Å². The van der Waals surface area contributed by atoms with Crippen LogP contribution in [0.25, 0.3) is 11.4 Å². The molecule has 0 radical (unpaired) electrons. The van der Waals surface area contributed by atoms with E-state index >= 15 is 0 Å². The zero-order chi connectivity index (χ0) is 21.5. The third kappa shape index (κ3) is 5.43. The van der Waals surface area contributed by atoms with Crippen LogP contribution in [0, 0.1) is 0 Å². The molecule has 0 aliphatic carbocycles. The van der Waals surface area contributed by atoms with E-state index in [1.807, 2.05) is 73.0 Å². The van der Waals surface area contributed by atoms with Gasteiger partial charge in [-0.1, -0.05) is 54.6 Å². The van der Waals surface area contributed by atoms with Crippen molar-refractivity contribution in [2.75, 3.05) is 6.26 Å². The maximum atomic E-state index is 12.3. The second-order valence-corrected chi connectivity index (χ2v) is 7.56. The number of hydrogen-bond donors (Lipinski definition) is 1. The molecule has 4 rings (SSSR count). The molecule has 1 heterocycles. The van der Waals surface area contributed by atoms with Crippen LogP contribution in [0.5, 0.6) is 0 Å². The minimum absolute atomic E-state index is 0.270. The second kappa shape index (κ2) is 9.82. The Bertz CT molecular complexity index is 1170. The van der Waals surface area contributed by atoms with Gasteiger partial charge in [-0.2, -0.15) is 9.90 Å². The molecule has 8 heteroatoms. The van der Waals surface area contributed by atoms with Gasteiger partial charge >= 0.3 is 0 Å². The van der Waals surface area contributed by atoms with Crippen molar-refractivity contribution in [3.63, 3.8) is 0 Å². The fourth-order valence-electron chi connectivity index (χ4n) is 2.86. The number of nitrogens with zero attached hydrogens (tertiary/aromatic N) is 5. The van der Waals surface area contributed by atoms with E-state index in [0.717, 1.165) is 16.7 Å². The molecule has 1 N–H and O–H groups in total. The van der Waals surface area contributed by atoms with Gasteiger partial charge in [-0.3, -0.25) is 4.79 Å². The number of hydrogen-bond acceptors (Lipinski definition) is 6. The van der Waals surface area contributed by atoms with Gasteiger partial charge in [0.25, 0.3) is 5.91 Å².